The van der Waals surface area contributed by atoms with Crippen LogP contribution in [0.4, 0.5) is 0 Å². The van der Waals surface area contributed by atoms with Crippen LogP contribution < -0.4 is 16.0 Å². The Balaban J connectivity index is 1.59. The molecule has 3 aromatic rings. The van der Waals surface area contributed by atoms with Gasteiger partial charge in [-0.05, 0) is 63.8 Å². The standard InChI is InChI=1S/C32H44N6O4/c1-6-42-16-10-14-35-31(40)26-20-38(28-12-8-7-11-25(26)28)24-17-23(18-34-19-24)27-13-9-15-37(27)32(41)29(21(2)3)36-30(39)22(4)33-5/h7-8,11-12,17-22,27,29,33H,6,9-10,13-16H2,1-5H3,(H,35,40)(H,36,39)/t22-,27-,29-/m0/s1. The molecule has 3 amide bonds. The summed E-state index contributed by atoms with van der Waals surface area (Å²) >= 11 is 0. The normalized spacial score (nSPS) is 16.5. The van der Waals surface area contributed by atoms with E-state index < -0.39 is 12.1 Å². The zero-order valence-electron chi connectivity index (χ0n) is 25.4. The molecule has 42 heavy (non-hydrogen) atoms. The highest BCUT2D eigenvalue weighted by Crippen LogP contribution is 2.34. The third-order valence-electron chi connectivity index (χ3n) is 7.91. The van der Waals surface area contributed by atoms with E-state index in [2.05, 4.69) is 20.9 Å². The summed E-state index contributed by atoms with van der Waals surface area (Å²) in [6, 6.07) is 8.70. The molecule has 10 nitrogen and oxygen atoms in total. The van der Waals surface area contributed by atoms with Crippen molar-refractivity contribution < 1.29 is 19.1 Å². The van der Waals surface area contributed by atoms with Crippen molar-refractivity contribution in [2.75, 3.05) is 33.4 Å². The van der Waals surface area contributed by atoms with Crippen LogP contribution in [0, 0.1) is 5.92 Å². The number of nitrogens with one attached hydrogen (secondary N) is 3. The van der Waals surface area contributed by atoms with Gasteiger partial charge < -0.3 is 30.2 Å². The number of hydrogen-bond donors (Lipinski definition) is 3. The first-order valence-electron chi connectivity index (χ1n) is 15.0. The second-order valence-corrected chi connectivity index (χ2v) is 11.1. The fraction of sp³-hybridized carbons (Fsp3) is 0.500. The maximum atomic E-state index is 13.8. The minimum absolute atomic E-state index is 0.0637. The van der Waals surface area contributed by atoms with Crippen molar-refractivity contribution in [3.05, 3.63) is 60.0 Å². The van der Waals surface area contributed by atoms with Gasteiger partial charge in [0.25, 0.3) is 5.91 Å². The van der Waals surface area contributed by atoms with Gasteiger partial charge in [-0.25, -0.2) is 0 Å². The molecule has 2 aromatic heterocycles. The molecule has 1 fully saturated rings. The van der Waals surface area contributed by atoms with Crippen molar-refractivity contribution >= 4 is 28.6 Å². The van der Waals surface area contributed by atoms with E-state index in [1.165, 1.54) is 0 Å². The van der Waals surface area contributed by atoms with E-state index in [1.807, 2.05) is 73.0 Å². The number of likely N-dealkylation sites (N-methyl/N-ethyl adjacent to an activating group) is 1. The Hall–Kier alpha value is -3.76. The van der Waals surface area contributed by atoms with Gasteiger partial charge in [0.05, 0.1) is 35.0 Å². The number of nitrogens with zero attached hydrogens (tertiary/aromatic N) is 3. The van der Waals surface area contributed by atoms with Crippen LogP contribution in [0.15, 0.2) is 48.9 Å². The SMILES string of the molecule is CCOCCCNC(=O)c1cn(-c2cncc([C@@H]3CCCN3C(=O)[C@@H](NC(=O)[C@H](C)NC)C(C)C)c2)c2ccccc12. The second kappa shape index (κ2) is 14.4. The lowest BCUT2D eigenvalue weighted by Crippen LogP contribution is -2.54. The van der Waals surface area contributed by atoms with Crippen LogP contribution in [-0.2, 0) is 14.3 Å². The van der Waals surface area contributed by atoms with E-state index in [1.54, 1.807) is 20.2 Å². The van der Waals surface area contributed by atoms with E-state index in [-0.39, 0.29) is 29.7 Å². The number of carbonyl (C=O) groups excluding carboxylic acids is 3. The zero-order valence-corrected chi connectivity index (χ0v) is 25.4. The van der Waals surface area contributed by atoms with Crippen LogP contribution in [0.1, 0.15) is 68.9 Å². The summed E-state index contributed by atoms with van der Waals surface area (Å²) < 4.78 is 7.36. The Labute approximate surface area is 248 Å². The highest BCUT2D eigenvalue weighted by atomic mass is 16.5. The summed E-state index contributed by atoms with van der Waals surface area (Å²) in [5.41, 5.74) is 3.23. The van der Waals surface area contributed by atoms with E-state index in [0.29, 0.717) is 31.9 Å². The predicted octanol–water partition coefficient (Wildman–Crippen LogP) is 3.59. The fourth-order valence-corrected chi connectivity index (χ4v) is 5.43. The van der Waals surface area contributed by atoms with Crippen LogP contribution in [0.3, 0.4) is 0 Å². The number of fused-ring (bicyclic) bond motifs is 1. The lowest BCUT2D eigenvalue weighted by Gasteiger charge is -2.32. The van der Waals surface area contributed by atoms with Gasteiger partial charge in [-0.15, -0.1) is 0 Å². The molecule has 3 heterocycles. The Kier molecular flexibility index (Phi) is 10.7. The molecular weight excluding hydrogens is 532 g/mol. The number of rotatable bonds is 13. The Morgan fingerprint density at radius 2 is 1.93 bits per heavy atom. The van der Waals surface area contributed by atoms with Crippen molar-refractivity contribution in [2.24, 2.45) is 5.92 Å². The highest BCUT2D eigenvalue weighted by Gasteiger charge is 2.36. The third kappa shape index (κ3) is 6.99. The molecule has 0 spiro atoms. The lowest BCUT2D eigenvalue weighted by molar-refractivity contribution is -0.138. The topological polar surface area (TPSA) is 118 Å². The summed E-state index contributed by atoms with van der Waals surface area (Å²) in [6.07, 6.45) is 7.86. The molecule has 0 bridgehead atoms. The molecule has 1 aliphatic rings. The molecule has 3 atom stereocenters. The molecule has 10 heteroatoms. The molecule has 4 rings (SSSR count). The van der Waals surface area contributed by atoms with Gasteiger partial charge in [0.15, 0.2) is 0 Å². The van der Waals surface area contributed by atoms with Crippen molar-refractivity contribution in [1.29, 1.82) is 0 Å². The van der Waals surface area contributed by atoms with Crippen LogP contribution >= 0.6 is 0 Å². The minimum Gasteiger partial charge on any atom is -0.382 e. The molecule has 0 radical (unpaired) electrons. The number of amides is 3. The number of aromatic nitrogens is 2. The molecule has 0 aliphatic carbocycles. The number of carbonyl (C=O) groups is 3. The number of benzene rings is 1. The Morgan fingerprint density at radius 3 is 2.67 bits per heavy atom. The van der Waals surface area contributed by atoms with E-state index in [4.69, 9.17) is 4.74 Å². The van der Waals surface area contributed by atoms with Crippen molar-refractivity contribution in [2.45, 2.75) is 65.1 Å². The van der Waals surface area contributed by atoms with Gasteiger partial charge in [-0.3, -0.25) is 19.4 Å². The summed E-state index contributed by atoms with van der Waals surface area (Å²) in [5.74, 6) is -0.472. The third-order valence-corrected chi connectivity index (χ3v) is 7.91. The van der Waals surface area contributed by atoms with E-state index in [0.717, 1.165) is 41.4 Å². The van der Waals surface area contributed by atoms with Gasteiger partial charge in [0, 0.05) is 44.1 Å². The molecule has 3 N–H and O–H groups in total. The van der Waals surface area contributed by atoms with Crippen molar-refractivity contribution in [3.8, 4) is 5.69 Å². The Morgan fingerprint density at radius 1 is 1.14 bits per heavy atom. The maximum Gasteiger partial charge on any atom is 0.253 e. The molecule has 0 saturated carbocycles. The largest absolute Gasteiger partial charge is 0.382 e. The second-order valence-electron chi connectivity index (χ2n) is 11.1. The molecule has 1 aromatic carbocycles. The average Bonchev–Trinajstić information content (AvgIpc) is 3.64. The van der Waals surface area contributed by atoms with Crippen LogP contribution in [0.25, 0.3) is 16.6 Å². The monoisotopic (exact) mass is 576 g/mol. The molecule has 226 valence electrons. The van der Waals surface area contributed by atoms with E-state index in [9.17, 15) is 14.4 Å². The first-order valence-corrected chi connectivity index (χ1v) is 15.0. The smallest absolute Gasteiger partial charge is 0.253 e. The summed E-state index contributed by atoms with van der Waals surface area (Å²) in [7, 11) is 1.72. The Bertz CT molecular complexity index is 1390. The molecule has 1 aliphatic heterocycles. The molecule has 1 saturated heterocycles. The van der Waals surface area contributed by atoms with Crippen LogP contribution in [0.2, 0.25) is 0 Å². The van der Waals surface area contributed by atoms with Crippen molar-refractivity contribution in [3.63, 3.8) is 0 Å². The summed E-state index contributed by atoms with van der Waals surface area (Å²) in [6.45, 7) is 10.0. The number of hydrogen-bond acceptors (Lipinski definition) is 6. The van der Waals surface area contributed by atoms with Gasteiger partial charge in [-0.1, -0.05) is 32.0 Å². The molecular formula is C32H44N6O4. The van der Waals surface area contributed by atoms with Crippen LogP contribution in [0.5, 0.6) is 0 Å². The quantitative estimate of drug-likeness (QED) is 0.268. The van der Waals surface area contributed by atoms with Gasteiger partial charge >= 0.3 is 0 Å². The predicted molar refractivity (Wildman–Crippen MR) is 163 cm³/mol. The molecule has 0 unspecified atom stereocenters. The number of ether oxygens (including phenoxy) is 1. The first-order chi connectivity index (χ1) is 20.3. The van der Waals surface area contributed by atoms with Gasteiger partial charge in [-0.2, -0.15) is 0 Å². The zero-order chi connectivity index (χ0) is 30.2. The minimum atomic E-state index is -0.618. The average molecular weight is 577 g/mol. The number of para-hydroxylation sites is 1. The van der Waals surface area contributed by atoms with Crippen LogP contribution in [-0.4, -0.2) is 77.6 Å². The fourth-order valence-electron chi connectivity index (χ4n) is 5.43. The number of pyridine rings is 1. The number of likely N-dealkylation sites (tertiary alicyclic amines) is 1. The lowest BCUT2D eigenvalue weighted by atomic mass is 10.00. The van der Waals surface area contributed by atoms with E-state index >= 15 is 0 Å². The van der Waals surface area contributed by atoms with Gasteiger partial charge in [0.2, 0.25) is 11.8 Å². The maximum absolute atomic E-state index is 13.8. The van der Waals surface area contributed by atoms with Gasteiger partial charge in [0.1, 0.15) is 6.04 Å². The first kappa shape index (κ1) is 31.2. The highest BCUT2D eigenvalue weighted by molar-refractivity contribution is 6.07. The van der Waals surface area contributed by atoms with Crippen molar-refractivity contribution in [1.82, 2.24) is 30.4 Å². The summed E-state index contributed by atoms with van der Waals surface area (Å²) in [5, 5.41) is 9.75. The summed E-state index contributed by atoms with van der Waals surface area (Å²) in [4.78, 5) is 46.0.